The van der Waals surface area contributed by atoms with Crippen molar-refractivity contribution < 1.29 is 4.79 Å². The smallest absolute Gasteiger partial charge is 0.250 e. The number of hydrogen-bond donors (Lipinski definition) is 1. The Labute approximate surface area is 222 Å². The Balaban J connectivity index is 1.33. The first-order valence-electron chi connectivity index (χ1n) is 11.0. The van der Waals surface area contributed by atoms with E-state index in [2.05, 4.69) is 20.7 Å². The van der Waals surface area contributed by atoms with Gasteiger partial charge >= 0.3 is 0 Å². The van der Waals surface area contributed by atoms with Gasteiger partial charge in [-0.3, -0.25) is 9.36 Å². The van der Waals surface area contributed by atoms with Crippen molar-refractivity contribution in [2.45, 2.75) is 5.16 Å². The minimum Gasteiger partial charge on any atom is -0.272 e. The molecule has 4 aromatic carbocycles. The second-order valence-corrected chi connectivity index (χ2v) is 9.59. The van der Waals surface area contributed by atoms with Crippen LogP contribution in [0.2, 0.25) is 10.0 Å². The first-order valence-corrected chi connectivity index (χ1v) is 12.7. The summed E-state index contributed by atoms with van der Waals surface area (Å²) >= 11 is 13.4. The second-order valence-electron chi connectivity index (χ2n) is 7.78. The van der Waals surface area contributed by atoms with E-state index in [-0.39, 0.29) is 11.7 Å². The van der Waals surface area contributed by atoms with Gasteiger partial charge in [0, 0.05) is 26.9 Å². The molecule has 178 valence electrons. The zero-order valence-electron chi connectivity index (χ0n) is 18.8. The van der Waals surface area contributed by atoms with E-state index in [1.54, 1.807) is 30.5 Å². The van der Waals surface area contributed by atoms with E-state index in [1.165, 1.54) is 11.8 Å². The largest absolute Gasteiger partial charge is 0.272 e. The molecule has 0 saturated carbocycles. The lowest BCUT2D eigenvalue weighted by Crippen LogP contribution is -2.20. The van der Waals surface area contributed by atoms with Crippen LogP contribution in [0.25, 0.3) is 27.8 Å². The number of carbonyl (C=O) groups is 1. The molecule has 0 aliphatic heterocycles. The monoisotopic (exact) mass is 531 g/mol. The standard InChI is InChI=1S/C27H19Cl2N5OS/c28-21-10-8-19(9-11-21)26-32-33-27(34(26)23-14-12-22(29)13-15-23)36-17-25(35)31-30-16-20-6-3-5-18-4-1-2-7-24(18)20/h1-16H,17H2,(H,31,35)/b30-16-. The summed E-state index contributed by atoms with van der Waals surface area (Å²) in [5, 5.41) is 16.9. The van der Waals surface area contributed by atoms with Gasteiger partial charge in [0.25, 0.3) is 5.91 Å². The minimum atomic E-state index is -0.254. The van der Waals surface area contributed by atoms with Crippen LogP contribution in [0.4, 0.5) is 0 Å². The van der Waals surface area contributed by atoms with Gasteiger partial charge in [-0.1, -0.05) is 77.4 Å². The fourth-order valence-electron chi connectivity index (χ4n) is 3.67. The summed E-state index contributed by atoms with van der Waals surface area (Å²) in [5.74, 6) is 0.486. The fourth-order valence-corrected chi connectivity index (χ4v) is 4.67. The Kier molecular flexibility index (Phi) is 7.32. The molecule has 0 saturated heterocycles. The number of fused-ring (bicyclic) bond motifs is 1. The van der Waals surface area contributed by atoms with E-state index >= 15 is 0 Å². The number of rotatable bonds is 7. The molecule has 0 aliphatic carbocycles. The Hall–Kier alpha value is -3.65. The molecule has 5 rings (SSSR count). The number of thioether (sulfide) groups is 1. The summed E-state index contributed by atoms with van der Waals surface area (Å²) in [6.07, 6.45) is 1.65. The molecule has 1 heterocycles. The van der Waals surface area contributed by atoms with Gasteiger partial charge in [-0.15, -0.1) is 10.2 Å². The summed E-state index contributed by atoms with van der Waals surface area (Å²) in [7, 11) is 0. The Morgan fingerprint density at radius 3 is 2.36 bits per heavy atom. The normalized spacial score (nSPS) is 11.3. The van der Waals surface area contributed by atoms with Crippen molar-refractivity contribution in [1.82, 2.24) is 20.2 Å². The molecule has 0 atom stereocenters. The maximum absolute atomic E-state index is 12.5. The average molecular weight is 532 g/mol. The molecule has 0 aliphatic rings. The molecule has 5 aromatic rings. The molecule has 1 N–H and O–H groups in total. The van der Waals surface area contributed by atoms with Crippen LogP contribution in [0.15, 0.2) is 101 Å². The highest BCUT2D eigenvalue weighted by molar-refractivity contribution is 7.99. The van der Waals surface area contributed by atoms with Crippen LogP contribution in [0.1, 0.15) is 5.56 Å². The molecule has 9 heteroatoms. The van der Waals surface area contributed by atoms with Crippen LogP contribution in [-0.2, 0) is 4.79 Å². The third kappa shape index (κ3) is 5.44. The first kappa shape index (κ1) is 24.1. The van der Waals surface area contributed by atoms with E-state index in [1.807, 2.05) is 71.3 Å². The Bertz CT molecular complexity index is 1540. The summed E-state index contributed by atoms with van der Waals surface area (Å²) in [5.41, 5.74) is 5.20. The van der Waals surface area contributed by atoms with Crippen molar-refractivity contribution in [2.24, 2.45) is 5.10 Å². The number of hydrogen-bond acceptors (Lipinski definition) is 5. The molecular formula is C27H19Cl2N5OS. The molecule has 0 spiro atoms. The van der Waals surface area contributed by atoms with Crippen LogP contribution >= 0.6 is 35.0 Å². The third-order valence-corrected chi connectivity index (χ3v) is 6.80. The van der Waals surface area contributed by atoms with Gasteiger partial charge in [-0.2, -0.15) is 5.10 Å². The highest BCUT2D eigenvalue weighted by Crippen LogP contribution is 2.29. The molecule has 6 nitrogen and oxygen atoms in total. The molecule has 1 aromatic heterocycles. The quantitative estimate of drug-likeness (QED) is 0.145. The van der Waals surface area contributed by atoms with Crippen LogP contribution < -0.4 is 5.43 Å². The van der Waals surface area contributed by atoms with Crippen molar-refractivity contribution in [3.63, 3.8) is 0 Å². The van der Waals surface area contributed by atoms with Gasteiger partial charge in [0.1, 0.15) is 0 Å². The highest BCUT2D eigenvalue weighted by atomic mass is 35.5. The first-order chi connectivity index (χ1) is 17.6. The van der Waals surface area contributed by atoms with Gasteiger partial charge in [0.05, 0.1) is 12.0 Å². The zero-order chi connectivity index (χ0) is 24.9. The summed E-state index contributed by atoms with van der Waals surface area (Å²) in [4.78, 5) is 12.5. The predicted molar refractivity (Wildman–Crippen MR) is 147 cm³/mol. The Morgan fingerprint density at radius 1 is 0.889 bits per heavy atom. The van der Waals surface area contributed by atoms with E-state index < -0.39 is 0 Å². The number of hydrazone groups is 1. The van der Waals surface area contributed by atoms with Gasteiger partial charge in [-0.25, -0.2) is 5.43 Å². The molecular weight excluding hydrogens is 513 g/mol. The molecule has 0 unspecified atom stereocenters. The van der Waals surface area contributed by atoms with Crippen molar-refractivity contribution in [3.05, 3.63) is 107 Å². The number of benzene rings is 4. The zero-order valence-corrected chi connectivity index (χ0v) is 21.1. The van der Waals surface area contributed by atoms with Gasteiger partial charge in [-0.05, 0) is 59.3 Å². The molecule has 0 fully saturated rings. The van der Waals surface area contributed by atoms with Crippen LogP contribution in [0.3, 0.4) is 0 Å². The summed E-state index contributed by atoms with van der Waals surface area (Å²) in [6.45, 7) is 0. The fraction of sp³-hybridized carbons (Fsp3) is 0.0370. The van der Waals surface area contributed by atoms with Crippen LogP contribution in [0.5, 0.6) is 0 Å². The minimum absolute atomic E-state index is 0.110. The van der Waals surface area contributed by atoms with Crippen molar-refractivity contribution in [3.8, 4) is 17.1 Å². The van der Waals surface area contributed by atoms with Gasteiger partial charge < -0.3 is 0 Å². The molecule has 1 amide bonds. The highest BCUT2D eigenvalue weighted by Gasteiger charge is 2.17. The average Bonchev–Trinajstić information content (AvgIpc) is 3.32. The molecule has 0 bridgehead atoms. The number of halogens is 2. The number of nitrogens with zero attached hydrogens (tertiary/aromatic N) is 4. The lowest BCUT2D eigenvalue weighted by Gasteiger charge is -2.10. The SMILES string of the molecule is O=C(CSc1nnc(-c2ccc(Cl)cc2)n1-c1ccc(Cl)cc1)N/N=C\c1cccc2ccccc12. The number of amides is 1. The van der Waals surface area contributed by atoms with Gasteiger partial charge in [0.2, 0.25) is 0 Å². The van der Waals surface area contributed by atoms with E-state index in [9.17, 15) is 4.79 Å². The van der Waals surface area contributed by atoms with E-state index in [0.717, 1.165) is 27.6 Å². The number of aromatic nitrogens is 3. The van der Waals surface area contributed by atoms with Crippen molar-refractivity contribution in [2.75, 3.05) is 5.75 Å². The lowest BCUT2D eigenvalue weighted by molar-refractivity contribution is -0.118. The van der Waals surface area contributed by atoms with Crippen molar-refractivity contribution >= 4 is 57.9 Å². The van der Waals surface area contributed by atoms with Gasteiger partial charge in [0.15, 0.2) is 11.0 Å². The van der Waals surface area contributed by atoms with Crippen molar-refractivity contribution in [1.29, 1.82) is 0 Å². The summed E-state index contributed by atoms with van der Waals surface area (Å²) < 4.78 is 1.89. The maximum Gasteiger partial charge on any atom is 0.250 e. The second kappa shape index (κ2) is 11.0. The van der Waals surface area contributed by atoms with Crippen LogP contribution in [0, 0.1) is 0 Å². The number of nitrogens with one attached hydrogen (secondary N) is 1. The maximum atomic E-state index is 12.5. The van der Waals surface area contributed by atoms with Crippen LogP contribution in [-0.4, -0.2) is 32.6 Å². The number of carbonyl (C=O) groups excluding carboxylic acids is 1. The molecule has 36 heavy (non-hydrogen) atoms. The lowest BCUT2D eigenvalue weighted by atomic mass is 10.1. The van der Waals surface area contributed by atoms with E-state index in [4.69, 9.17) is 23.2 Å². The topological polar surface area (TPSA) is 72.2 Å². The molecule has 0 radical (unpaired) electrons. The predicted octanol–water partition coefficient (Wildman–Crippen LogP) is 6.64. The summed E-state index contributed by atoms with van der Waals surface area (Å²) in [6, 6.07) is 28.7. The Morgan fingerprint density at radius 2 is 1.58 bits per heavy atom. The van der Waals surface area contributed by atoms with E-state index in [0.29, 0.717) is 21.0 Å². The third-order valence-electron chi connectivity index (χ3n) is 5.37.